The third kappa shape index (κ3) is 12.4. The van der Waals surface area contributed by atoms with Crippen molar-refractivity contribution in [1.82, 2.24) is 36.0 Å². The number of nitrogens with one attached hydrogen (secondary N) is 4. The molecule has 2 saturated heterocycles. The predicted molar refractivity (Wildman–Crippen MR) is 213 cm³/mol. The number of amides is 7. The molecule has 0 aromatic heterocycles. The van der Waals surface area contributed by atoms with Crippen LogP contribution in [0.2, 0.25) is 10.0 Å². The second-order valence-corrected chi connectivity index (χ2v) is 16.8. The van der Waals surface area contributed by atoms with Crippen LogP contribution in [0.4, 0.5) is 17.6 Å². The van der Waals surface area contributed by atoms with Gasteiger partial charge in [-0.15, -0.1) is 0 Å². The van der Waals surface area contributed by atoms with Gasteiger partial charge in [-0.3, -0.25) is 33.6 Å². The highest BCUT2D eigenvalue weighted by Gasteiger charge is 2.59. The van der Waals surface area contributed by atoms with E-state index in [1.807, 2.05) is 13.8 Å². The van der Waals surface area contributed by atoms with Crippen molar-refractivity contribution in [2.45, 2.75) is 134 Å². The molecule has 0 spiro atoms. The Hall–Kier alpha value is -4.23. The highest BCUT2D eigenvalue weighted by Crippen LogP contribution is 2.34. The Morgan fingerprint density at radius 3 is 2.30 bits per heavy atom. The van der Waals surface area contributed by atoms with Crippen LogP contribution < -0.4 is 21.3 Å². The molecule has 0 saturated carbocycles. The fourth-order valence-corrected chi connectivity index (χ4v) is 7.43. The second kappa shape index (κ2) is 21.0. The van der Waals surface area contributed by atoms with Gasteiger partial charge >= 0.3 is 6.18 Å². The molecule has 2 fully saturated rings. The van der Waals surface area contributed by atoms with E-state index in [0.29, 0.717) is 21.9 Å². The Kier molecular flexibility index (Phi) is 17.6. The first-order valence-corrected chi connectivity index (χ1v) is 20.5. The van der Waals surface area contributed by atoms with Crippen molar-refractivity contribution < 1.29 is 56.2 Å². The molecule has 21 heteroatoms. The number of hydrogen-bond donors (Lipinski definition) is 5. The molecule has 1 aromatic rings. The van der Waals surface area contributed by atoms with Gasteiger partial charge in [0, 0.05) is 43.5 Å². The van der Waals surface area contributed by atoms with Gasteiger partial charge in [-0.2, -0.15) is 13.2 Å². The van der Waals surface area contributed by atoms with Crippen molar-refractivity contribution in [2.24, 2.45) is 5.92 Å². The van der Waals surface area contributed by atoms with Crippen molar-refractivity contribution in [2.75, 3.05) is 27.2 Å². The SMILES string of the molecule is CC[C@H](NC(=O)[C@@H]1C[C@@H](F)CN1C(=O)[C@@](C)(O)C(F)(F)F)C(=O)N(C)[C@H]1CCCCNC(=O)[C@@H](C)NC(=O)[C@H](Cc2cc(Cl)ccc2Cl)N(C)C(=O)[C@H](CC(C)C)NC1=O. The van der Waals surface area contributed by atoms with Gasteiger partial charge in [0.15, 0.2) is 0 Å². The molecule has 0 bridgehead atoms. The Labute approximate surface area is 356 Å². The average Bonchev–Trinajstić information content (AvgIpc) is 3.56. The molecule has 8 atom stereocenters. The third-order valence-corrected chi connectivity index (χ3v) is 11.3. The van der Waals surface area contributed by atoms with E-state index < -0.39 is 109 Å². The number of carbonyl (C=O) groups excluding carboxylic acids is 7. The smallest absolute Gasteiger partial charge is 0.373 e. The van der Waals surface area contributed by atoms with E-state index in [1.165, 1.54) is 34.0 Å². The van der Waals surface area contributed by atoms with Crippen molar-refractivity contribution in [1.29, 1.82) is 0 Å². The largest absolute Gasteiger partial charge is 0.426 e. The normalized spacial score (nSPS) is 25.5. The fourth-order valence-electron chi connectivity index (χ4n) is 7.04. The van der Waals surface area contributed by atoms with Crippen molar-refractivity contribution >= 4 is 64.6 Å². The molecular formula is C39H55Cl2F4N7O8. The molecule has 5 N–H and O–H groups in total. The van der Waals surface area contributed by atoms with E-state index >= 15 is 0 Å². The monoisotopic (exact) mass is 895 g/mol. The summed E-state index contributed by atoms with van der Waals surface area (Å²) in [7, 11) is 2.65. The maximum atomic E-state index is 14.5. The van der Waals surface area contributed by atoms with E-state index in [1.54, 1.807) is 12.1 Å². The lowest BCUT2D eigenvalue weighted by Gasteiger charge is -2.35. The molecule has 336 valence electrons. The zero-order valence-electron chi connectivity index (χ0n) is 34.6. The lowest BCUT2D eigenvalue weighted by atomic mass is 9.98. The lowest BCUT2D eigenvalue weighted by Crippen LogP contribution is -2.61. The number of carbonyl (C=O) groups is 7. The van der Waals surface area contributed by atoms with Crippen LogP contribution >= 0.6 is 23.2 Å². The van der Waals surface area contributed by atoms with Crippen LogP contribution in [0.5, 0.6) is 0 Å². The van der Waals surface area contributed by atoms with Crippen LogP contribution in [0.15, 0.2) is 18.2 Å². The number of alkyl halides is 4. The Morgan fingerprint density at radius 2 is 1.70 bits per heavy atom. The van der Waals surface area contributed by atoms with Gasteiger partial charge < -0.3 is 41.1 Å². The van der Waals surface area contributed by atoms with Crippen LogP contribution in [0.25, 0.3) is 0 Å². The number of hydrogen-bond acceptors (Lipinski definition) is 8. The molecule has 0 radical (unpaired) electrons. The molecule has 60 heavy (non-hydrogen) atoms. The highest BCUT2D eigenvalue weighted by molar-refractivity contribution is 6.33. The minimum absolute atomic E-state index is 0.00982. The summed E-state index contributed by atoms with van der Waals surface area (Å²) >= 11 is 12.7. The molecule has 2 aliphatic rings. The summed E-state index contributed by atoms with van der Waals surface area (Å²) in [5.41, 5.74) is -3.49. The molecule has 15 nitrogen and oxygen atoms in total. The summed E-state index contributed by atoms with van der Waals surface area (Å²) in [6.07, 6.45) is -7.56. The summed E-state index contributed by atoms with van der Waals surface area (Å²) in [6, 6.07) is -3.32. The number of halogens is 6. The minimum Gasteiger partial charge on any atom is -0.373 e. The molecular weight excluding hydrogens is 841 g/mol. The van der Waals surface area contributed by atoms with Gasteiger partial charge in [-0.1, -0.05) is 44.0 Å². The third-order valence-electron chi connectivity index (χ3n) is 10.7. The van der Waals surface area contributed by atoms with Gasteiger partial charge in [0.25, 0.3) is 5.91 Å². The number of likely N-dealkylation sites (tertiary alicyclic amines) is 1. The minimum atomic E-state index is -5.44. The van der Waals surface area contributed by atoms with Gasteiger partial charge in [-0.25, -0.2) is 4.39 Å². The molecule has 0 unspecified atom stereocenters. The molecule has 0 aliphatic carbocycles. The molecule has 7 amide bonds. The van der Waals surface area contributed by atoms with Gasteiger partial charge in [0.1, 0.15) is 42.4 Å². The maximum Gasteiger partial charge on any atom is 0.426 e. The van der Waals surface area contributed by atoms with E-state index in [4.69, 9.17) is 23.2 Å². The number of benzene rings is 1. The van der Waals surface area contributed by atoms with E-state index in [0.717, 1.165) is 9.80 Å². The standard InChI is InChI=1S/C39H55Cl2F4N7O8/c1-8-26(48-34(56)30-18-24(42)19-52(30)37(59)38(5,60)39(43,44)45)35(57)50(6)28-11-9-10-14-46-31(53)21(4)47-33(55)29(17-22-16-23(40)12-13-25(22)41)51(7)36(58)27(15-20(2)3)49-32(28)54/h12-13,16,20-21,24,26-30,60H,8-11,14-15,17-19H2,1-7H3,(H,46,53)(H,47,55)(H,48,56)(H,49,54)/t21-,24-,26+,27+,28+,29+,30+,38-/m1/s1. The van der Waals surface area contributed by atoms with E-state index in [9.17, 15) is 56.2 Å². The first-order valence-electron chi connectivity index (χ1n) is 19.7. The number of likely N-dealkylation sites (N-methyl/N-ethyl adjacent to an activating group) is 2. The summed E-state index contributed by atoms with van der Waals surface area (Å²) in [6.45, 7) is 6.02. The summed E-state index contributed by atoms with van der Waals surface area (Å²) in [5, 5.41) is 21.1. The van der Waals surface area contributed by atoms with Crippen molar-refractivity contribution in [3.63, 3.8) is 0 Å². The summed E-state index contributed by atoms with van der Waals surface area (Å²) in [4.78, 5) is 98.1. The van der Waals surface area contributed by atoms with Crippen LogP contribution in [0, 0.1) is 5.92 Å². The van der Waals surface area contributed by atoms with Gasteiger partial charge in [0.2, 0.25) is 41.0 Å². The highest BCUT2D eigenvalue weighted by atomic mass is 35.5. The fraction of sp³-hybridized carbons (Fsp3) is 0.667. The van der Waals surface area contributed by atoms with Crippen molar-refractivity contribution in [3.8, 4) is 0 Å². The van der Waals surface area contributed by atoms with Gasteiger partial charge in [-0.05, 0) is 75.6 Å². The second-order valence-electron chi connectivity index (χ2n) is 15.9. The first-order chi connectivity index (χ1) is 27.8. The Morgan fingerprint density at radius 1 is 1.05 bits per heavy atom. The number of rotatable bonds is 10. The first kappa shape index (κ1) is 50.1. The molecule has 1 aromatic carbocycles. The van der Waals surface area contributed by atoms with Gasteiger partial charge in [0.05, 0.1) is 6.54 Å². The lowest BCUT2D eigenvalue weighted by molar-refractivity contribution is -0.250. The van der Waals surface area contributed by atoms with Crippen LogP contribution in [-0.2, 0) is 40.0 Å². The molecule has 2 aliphatic heterocycles. The number of nitrogens with zero attached hydrogens (tertiary/aromatic N) is 3. The zero-order valence-corrected chi connectivity index (χ0v) is 36.1. The van der Waals surface area contributed by atoms with Crippen molar-refractivity contribution in [3.05, 3.63) is 33.8 Å². The predicted octanol–water partition coefficient (Wildman–Crippen LogP) is 2.67. The van der Waals surface area contributed by atoms with E-state index in [-0.39, 0.29) is 56.5 Å². The van der Waals surface area contributed by atoms with Crippen LogP contribution in [0.3, 0.4) is 0 Å². The summed E-state index contributed by atoms with van der Waals surface area (Å²) in [5.74, 6) is -6.70. The summed E-state index contributed by atoms with van der Waals surface area (Å²) < 4.78 is 55.1. The van der Waals surface area contributed by atoms with Crippen LogP contribution in [0.1, 0.15) is 78.7 Å². The quantitative estimate of drug-likeness (QED) is 0.221. The average molecular weight is 897 g/mol. The number of aliphatic hydroxyl groups is 1. The van der Waals surface area contributed by atoms with E-state index in [2.05, 4.69) is 21.3 Å². The molecule has 2 heterocycles. The zero-order chi connectivity index (χ0) is 45.4. The Bertz CT molecular complexity index is 1770. The van der Waals surface area contributed by atoms with Crippen LogP contribution in [-0.4, -0.2) is 143 Å². The molecule has 3 rings (SSSR count). The Balaban J connectivity index is 1.95. The maximum absolute atomic E-state index is 14.5. The topological polar surface area (TPSA) is 198 Å².